The van der Waals surface area contributed by atoms with Crippen LogP contribution in [0.2, 0.25) is 0 Å². The molecule has 1 aliphatic heterocycles. The van der Waals surface area contributed by atoms with Gasteiger partial charge in [-0.3, -0.25) is 4.72 Å². The van der Waals surface area contributed by atoms with Crippen molar-refractivity contribution in [2.45, 2.75) is 4.90 Å². The third-order valence-corrected chi connectivity index (χ3v) is 5.42. The molecule has 0 bridgehead atoms. The molecule has 9 heteroatoms. The molecule has 1 saturated heterocycles. The number of aromatic nitrogens is 1. The van der Waals surface area contributed by atoms with E-state index in [2.05, 4.69) is 9.71 Å². The Bertz CT molecular complexity index is 844. The molecule has 1 aromatic heterocycles. The van der Waals surface area contributed by atoms with E-state index < -0.39 is 10.0 Å². The first kappa shape index (κ1) is 18.3. The lowest BCUT2D eigenvalue weighted by atomic mass is 10.3. The van der Waals surface area contributed by atoms with Gasteiger partial charge in [0.05, 0.1) is 33.1 Å². The second-order valence-corrected chi connectivity index (χ2v) is 7.19. The zero-order chi connectivity index (χ0) is 18.6. The van der Waals surface area contributed by atoms with Gasteiger partial charge in [-0.2, -0.15) is 0 Å². The van der Waals surface area contributed by atoms with Crippen LogP contribution in [0.4, 0.5) is 11.5 Å². The van der Waals surface area contributed by atoms with Crippen LogP contribution in [0.5, 0.6) is 11.5 Å². The third-order valence-electron chi connectivity index (χ3n) is 4.02. The second kappa shape index (κ2) is 7.79. The monoisotopic (exact) mass is 379 g/mol. The minimum atomic E-state index is -3.98. The summed E-state index contributed by atoms with van der Waals surface area (Å²) in [5.41, 5.74) is 0.702. The summed E-state index contributed by atoms with van der Waals surface area (Å²) in [6.45, 7) is 2.50. The fourth-order valence-corrected chi connectivity index (χ4v) is 4.14. The van der Waals surface area contributed by atoms with Gasteiger partial charge in [-0.1, -0.05) is 6.07 Å². The Kier molecular flexibility index (Phi) is 5.48. The molecule has 2 heterocycles. The predicted octanol–water partition coefficient (Wildman–Crippen LogP) is 1.74. The van der Waals surface area contributed by atoms with Gasteiger partial charge in [-0.15, -0.1) is 0 Å². The van der Waals surface area contributed by atoms with Gasteiger partial charge >= 0.3 is 0 Å². The number of morpholine rings is 1. The van der Waals surface area contributed by atoms with Crippen LogP contribution in [0.15, 0.2) is 41.4 Å². The van der Waals surface area contributed by atoms with Crippen molar-refractivity contribution in [3.8, 4) is 11.5 Å². The second-order valence-electron chi connectivity index (χ2n) is 5.57. The first-order valence-electron chi connectivity index (χ1n) is 8.08. The van der Waals surface area contributed by atoms with Crippen molar-refractivity contribution in [2.75, 3.05) is 50.1 Å². The molecular formula is C17H21N3O5S. The molecule has 0 amide bonds. The van der Waals surface area contributed by atoms with E-state index in [1.54, 1.807) is 30.5 Å². The lowest BCUT2D eigenvalue weighted by molar-refractivity contribution is 0.123. The van der Waals surface area contributed by atoms with Crippen molar-refractivity contribution in [1.82, 2.24) is 4.98 Å². The van der Waals surface area contributed by atoms with E-state index in [4.69, 9.17) is 14.2 Å². The SMILES string of the molecule is COc1cccc(OC)c1S(=O)(=O)Nc1ncccc1N1CCOCC1. The molecule has 26 heavy (non-hydrogen) atoms. The largest absolute Gasteiger partial charge is 0.495 e. The molecule has 0 radical (unpaired) electrons. The van der Waals surface area contributed by atoms with E-state index in [-0.39, 0.29) is 22.2 Å². The quantitative estimate of drug-likeness (QED) is 0.817. The zero-order valence-electron chi connectivity index (χ0n) is 14.6. The van der Waals surface area contributed by atoms with Crippen LogP contribution in [0.1, 0.15) is 0 Å². The summed E-state index contributed by atoms with van der Waals surface area (Å²) in [5, 5.41) is 0. The predicted molar refractivity (Wildman–Crippen MR) is 97.6 cm³/mol. The Morgan fingerprint density at radius 3 is 2.35 bits per heavy atom. The minimum Gasteiger partial charge on any atom is -0.495 e. The van der Waals surface area contributed by atoms with Gasteiger partial charge < -0.3 is 19.1 Å². The van der Waals surface area contributed by atoms with Crippen LogP contribution in [0.25, 0.3) is 0 Å². The molecule has 8 nitrogen and oxygen atoms in total. The summed E-state index contributed by atoms with van der Waals surface area (Å²) in [7, 11) is -1.16. The summed E-state index contributed by atoms with van der Waals surface area (Å²) in [5.74, 6) is 0.642. The number of rotatable bonds is 6. The fourth-order valence-electron chi connectivity index (χ4n) is 2.80. The van der Waals surface area contributed by atoms with Crippen LogP contribution in [-0.4, -0.2) is 53.9 Å². The van der Waals surface area contributed by atoms with Crippen LogP contribution < -0.4 is 19.1 Å². The van der Waals surface area contributed by atoms with E-state index in [9.17, 15) is 8.42 Å². The molecule has 0 atom stereocenters. The van der Waals surface area contributed by atoms with Gasteiger partial charge in [0.15, 0.2) is 10.7 Å². The van der Waals surface area contributed by atoms with E-state index in [1.807, 2.05) is 11.0 Å². The number of ether oxygens (including phenoxy) is 3. The van der Waals surface area contributed by atoms with Crippen LogP contribution >= 0.6 is 0 Å². The van der Waals surface area contributed by atoms with Crippen molar-refractivity contribution in [1.29, 1.82) is 0 Å². The van der Waals surface area contributed by atoms with Crippen LogP contribution in [-0.2, 0) is 14.8 Å². The van der Waals surface area contributed by atoms with Gasteiger partial charge in [0.2, 0.25) is 0 Å². The first-order chi connectivity index (χ1) is 12.6. The maximum Gasteiger partial charge on any atom is 0.270 e. The van der Waals surface area contributed by atoms with E-state index in [1.165, 1.54) is 14.2 Å². The lowest BCUT2D eigenvalue weighted by Gasteiger charge is -2.30. The molecule has 2 aromatic rings. The maximum atomic E-state index is 13.0. The molecule has 140 valence electrons. The molecule has 1 N–H and O–H groups in total. The van der Waals surface area contributed by atoms with Crippen molar-refractivity contribution in [2.24, 2.45) is 0 Å². The number of methoxy groups -OCH3 is 2. The molecule has 0 unspecified atom stereocenters. The molecule has 3 rings (SSSR count). The van der Waals surface area contributed by atoms with Gasteiger partial charge in [0.1, 0.15) is 11.5 Å². The smallest absolute Gasteiger partial charge is 0.270 e. The Morgan fingerprint density at radius 2 is 1.73 bits per heavy atom. The summed E-state index contributed by atoms with van der Waals surface area (Å²) in [6.07, 6.45) is 1.54. The Labute approximate surface area is 152 Å². The van der Waals surface area contributed by atoms with Gasteiger partial charge in [0, 0.05) is 19.3 Å². The number of nitrogens with one attached hydrogen (secondary N) is 1. The minimum absolute atomic E-state index is 0.0661. The summed E-state index contributed by atoms with van der Waals surface area (Å²) in [4.78, 5) is 6.19. The average Bonchev–Trinajstić information content (AvgIpc) is 2.68. The van der Waals surface area contributed by atoms with Crippen molar-refractivity contribution in [3.05, 3.63) is 36.5 Å². The molecule has 1 fully saturated rings. The highest BCUT2D eigenvalue weighted by atomic mass is 32.2. The molecule has 0 aliphatic carbocycles. The van der Waals surface area contributed by atoms with Crippen molar-refractivity contribution in [3.63, 3.8) is 0 Å². The molecule has 1 aliphatic rings. The van der Waals surface area contributed by atoms with Gasteiger partial charge in [-0.25, -0.2) is 13.4 Å². The number of pyridine rings is 1. The van der Waals surface area contributed by atoms with Gasteiger partial charge in [-0.05, 0) is 24.3 Å². The maximum absolute atomic E-state index is 13.0. The lowest BCUT2D eigenvalue weighted by Crippen LogP contribution is -2.37. The summed E-state index contributed by atoms with van der Waals surface area (Å²) in [6, 6.07) is 8.40. The Hall–Kier alpha value is -2.52. The van der Waals surface area contributed by atoms with Crippen molar-refractivity contribution < 1.29 is 22.6 Å². The Morgan fingerprint density at radius 1 is 1.08 bits per heavy atom. The van der Waals surface area contributed by atoms with E-state index >= 15 is 0 Å². The normalized spacial score (nSPS) is 14.8. The topological polar surface area (TPSA) is 90.0 Å². The average molecular weight is 379 g/mol. The zero-order valence-corrected chi connectivity index (χ0v) is 15.5. The molecule has 0 spiro atoms. The summed E-state index contributed by atoms with van der Waals surface area (Å²) >= 11 is 0. The highest BCUT2D eigenvalue weighted by Crippen LogP contribution is 2.35. The van der Waals surface area contributed by atoms with Crippen LogP contribution in [0.3, 0.4) is 0 Å². The van der Waals surface area contributed by atoms with Crippen molar-refractivity contribution >= 4 is 21.5 Å². The summed E-state index contributed by atoms with van der Waals surface area (Å²) < 4.78 is 44.4. The number of nitrogens with zero attached hydrogens (tertiary/aromatic N) is 2. The molecule has 0 saturated carbocycles. The molecular weight excluding hydrogens is 358 g/mol. The molecule has 1 aromatic carbocycles. The van der Waals surface area contributed by atoms with Gasteiger partial charge in [0.25, 0.3) is 10.0 Å². The fraction of sp³-hybridized carbons (Fsp3) is 0.353. The number of sulfonamides is 1. The van der Waals surface area contributed by atoms with E-state index in [0.717, 1.165) is 0 Å². The highest BCUT2D eigenvalue weighted by molar-refractivity contribution is 7.93. The third kappa shape index (κ3) is 3.68. The Balaban J connectivity index is 1.99. The van der Waals surface area contributed by atoms with Crippen LogP contribution in [0, 0.1) is 0 Å². The number of benzene rings is 1. The highest BCUT2D eigenvalue weighted by Gasteiger charge is 2.27. The number of hydrogen-bond donors (Lipinski definition) is 1. The number of anilines is 2. The number of hydrogen-bond acceptors (Lipinski definition) is 7. The first-order valence-corrected chi connectivity index (χ1v) is 9.56. The van der Waals surface area contributed by atoms with E-state index in [0.29, 0.717) is 32.0 Å². The standard InChI is InChI=1S/C17H21N3O5S/c1-23-14-6-3-7-15(24-2)16(14)26(21,22)19-17-13(5-4-8-18-17)20-9-11-25-12-10-20/h3-8H,9-12H2,1-2H3,(H,18,19).